The smallest absolute Gasteiger partial charge is 0.418 e. The molecule has 0 saturated carbocycles. The number of aromatic amines is 1. The molecule has 0 saturated heterocycles. The lowest BCUT2D eigenvalue weighted by molar-refractivity contribution is -0.136. The molecule has 33 heavy (non-hydrogen) atoms. The van der Waals surface area contributed by atoms with E-state index >= 15 is 0 Å². The number of ether oxygens (including phenoxy) is 2. The Hall–Kier alpha value is -3.48. The van der Waals surface area contributed by atoms with Crippen LogP contribution in [0.3, 0.4) is 0 Å². The summed E-state index contributed by atoms with van der Waals surface area (Å²) >= 11 is 0. The molecule has 0 radical (unpaired) electrons. The van der Waals surface area contributed by atoms with Gasteiger partial charge in [0, 0.05) is 37.3 Å². The van der Waals surface area contributed by atoms with E-state index in [9.17, 15) is 31.1 Å². The number of urea groups is 1. The van der Waals surface area contributed by atoms with E-state index in [4.69, 9.17) is 4.74 Å². The summed E-state index contributed by atoms with van der Waals surface area (Å²) in [4.78, 5) is 18.0. The average molecular weight is 476 g/mol. The van der Waals surface area contributed by atoms with Crippen LogP contribution in [0.25, 0.3) is 11.0 Å². The number of aromatic nitrogens is 2. The lowest BCUT2D eigenvalue weighted by atomic mass is 10.1. The second kappa shape index (κ2) is 9.17. The Morgan fingerprint density at radius 2 is 1.85 bits per heavy atom. The van der Waals surface area contributed by atoms with E-state index < -0.39 is 58.5 Å². The highest BCUT2D eigenvalue weighted by molar-refractivity contribution is 5.89. The third kappa shape index (κ3) is 5.66. The zero-order valence-corrected chi connectivity index (χ0v) is 17.2. The van der Waals surface area contributed by atoms with Crippen molar-refractivity contribution in [2.75, 3.05) is 25.6 Å². The number of benzene rings is 1. The number of nitrogens with zero attached hydrogens (tertiary/aromatic N) is 1. The van der Waals surface area contributed by atoms with Crippen LogP contribution in [0.5, 0.6) is 11.5 Å². The number of rotatable bonds is 7. The van der Waals surface area contributed by atoms with E-state index in [-0.39, 0.29) is 17.9 Å². The van der Waals surface area contributed by atoms with Crippen molar-refractivity contribution in [3.63, 3.8) is 0 Å². The summed E-state index contributed by atoms with van der Waals surface area (Å²) < 4.78 is 92.6. The molecule has 7 nitrogen and oxygen atoms in total. The molecule has 178 valence electrons. The fourth-order valence-electron chi connectivity index (χ4n) is 2.97. The minimum absolute atomic E-state index is 0.191. The highest BCUT2D eigenvalue weighted by Crippen LogP contribution is 2.40. The number of pyridine rings is 1. The molecular weight excluding hydrogens is 458 g/mol. The first-order valence-corrected chi connectivity index (χ1v) is 9.34. The molecule has 0 aliphatic heterocycles. The lowest BCUT2D eigenvalue weighted by Crippen LogP contribution is -2.42. The molecule has 0 spiro atoms. The summed E-state index contributed by atoms with van der Waals surface area (Å²) in [6.07, 6.45) is -3.00. The zero-order valence-electron chi connectivity index (χ0n) is 17.2. The van der Waals surface area contributed by atoms with Crippen molar-refractivity contribution >= 4 is 22.8 Å². The van der Waals surface area contributed by atoms with E-state index in [1.807, 2.05) is 0 Å². The number of methoxy groups -OCH3 is 1. The van der Waals surface area contributed by atoms with Crippen molar-refractivity contribution < 1.29 is 40.6 Å². The first-order chi connectivity index (χ1) is 15.4. The molecule has 2 aromatic heterocycles. The summed E-state index contributed by atoms with van der Waals surface area (Å²) in [6.45, 7) is 0.462. The molecule has 13 heteroatoms. The van der Waals surface area contributed by atoms with E-state index in [2.05, 4.69) is 25.3 Å². The Kier molecular flexibility index (Phi) is 6.72. The van der Waals surface area contributed by atoms with Gasteiger partial charge in [-0.2, -0.15) is 13.2 Å². The van der Waals surface area contributed by atoms with Crippen molar-refractivity contribution in [1.82, 2.24) is 15.3 Å². The van der Waals surface area contributed by atoms with Gasteiger partial charge in [-0.3, -0.25) is 0 Å². The van der Waals surface area contributed by atoms with Crippen LogP contribution in [0.1, 0.15) is 12.5 Å². The van der Waals surface area contributed by atoms with E-state index in [0.717, 1.165) is 12.3 Å². The molecule has 0 fully saturated rings. The number of fused-ring (bicyclic) bond motifs is 1. The first-order valence-electron chi connectivity index (χ1n) is 9.34. The van der Waals surface area contributed by atoms with Gasteiger partial charge >= 0.3 is 12.2 Å². The van der Waals surface area contributed by atoms with Crippen LogP contribution >= 0.6 is 0 Å². The van der Waals surface area contributed by atoms with Crippen molar-refractivity contribution in [3.8, 4) is 11.5 Å². The van der Waals surface area contributed by atoms with Crippen molar-refractivity contribution in [1.29, 1.82) is 0 Å². The van der Waals surface area contributed by atoms with Gasteiger partial charge in [0.05, 0.1) is 24.1 Å². The minimum Gasteiger partial charge on any atom is -0.450 e. The first kappa shape index (κ1) is 24.2. The number of alkyl halides is 4. The third-order valence-electron chi connectivity index (χ3n) is 4.37. The number of halogens is 6. The Balaban J connectivity index is 1.81. The van der Waals surface area contributed by atoms with E-state index in [1.54, 1.807) is 0 Å². The number of carbonyl (C=O) groups excluding carboxylic acids is 1. The zero-order chi connectivity index (χ0) is 24.4. The standard InChI is InChI=1S/C20H18F6N4O3/c1-19(23,9-32-2)8-29-18(31)30-10-5-12(21)16(13(22)6-10)33-14-3-4-27-17-15(14)11(7-28-17)20(24,25)26/h3-7H,8-9H2,1-2H3,(H,27,28)(H2,29,30,31). The summed E-state index contributed by atoms with van der Waals surface area (Å²) in [5.41, 5.74) is -3.52. The van der Waals surface area contributed by atoms with Crippen LogP contribution in [0.2, 0.25) is 0 Å². The summed E-state index contributed by atoms with van der Waals surface area (Å²) in [5.74, 6) is -4.06. The molecule has 3 aromatic rings. The van der Waals surface area contributed by atoms with Crippen LogP contribution in [0.15, 0.2) is 30.6 Å². The van der Waals surface area contributed by atoms with Gasteiger partial charge in [0.25, 0.3) is 0 Å². The number of hydrogen-bond donors (Lipinski definition) is 3. The number of nitrogens with one attached hydrogen (secondary N) is 3. The Morgan fingerprint density at radius 3 is 2.45 bits per heavy atom. The van der Waals surface area contributed by atoms with Gasteiger partial charge in [-0.05, 0) is 13.0 Å². The topological polar surface area (TPSA) is 88.3 Å². The van der Waals surface area contributed by atoms with Crippen LogP contribution in [0, 0.1) is 11.6 Å². The number of hydrogen-bond acceptors (Lipinski definition) is 4. The molecule has 2 amide bonds. The molecule has 2 heterocycles. The predicted octanol–water partition coefficient (Wildman–Crippen LogP) is 5.15. The lowest BCUT2D eigenvalue weighted by Gasteiger charge is -2.20. The second-order valence-corrected chi connectivity index (χ2v) is 7.26. The van der Waals surface area contributed by atoms with Crippen LogP contribution in [-0.4, -0.2) is 41.9 Å². The summed E-state index contributed by atoms with van der Waals surface area (Å²) in [5, 5.41) is 3.81. The molecule has 1 unspecified atom stereocenters. The van der Waals surface area contributed by atoms with Gasteiger partial charge < -0.3 is 25.1 Å². The maximum absolute atomic E-state index is 14.5. The minimum atomic E-state index is -4.77. The quantitative estimate of drug-likeness (QED) is 0.412. The summed E-state index contributed by atoms with van der Waals surface area (Å²) in [6, 6.07) is 1.47. The van der Waals surface area contributed by atoms with Crippen molar-refractivity contribution in [2.45, 2.75) is 18.8 Å². The fraction of sp³-hybridized carbons (Fsp3) is 0.300. The largest absolute Gasteiger partial charge is 0.450 e. The summed E-state index contributed by atoms with van der Waals surface area (Å²) in [7, 11) is 1.28. The van der Waals surface area contributed by atoms with E-state index in [0.29, 0.717) is 18.3 Å². The molecular formula is C20H18F6N4O3. The fourth-order valence-corrected chi connectivity index (χ4v) is 2.97. The molecule has 1 aromatic carbocycles. The Labute approximate surface area is 183 Å². The van der Waals surface area contributed by atoms with Gasteiger partial charge in [0.2, 0.25) is 0 Å². The van der Waals surface area contributed by atoms with Crippen molar-refractivity contribution in [2.24, 2.45) is 0 Å². The molecule has 3 rings (SSSR count). The Morgan fingerprint density at radius 1 is 1.18 bits per heavy atom. The third-order valence-corrected chi connectivity index (χ3v) is 4.37. The normalized spacial score (nSPS) is 13.6. The van der Waals surface area contributed by atoms with Gasteiger partial charge in [0.15, 0.2) is 17.4 Å². The predicted molar refractivity (Wildman–Crippen MR) is 106 cm³/mol. The highest BCUT2D eigenvalue weighted by Gasteiger charge is 2.35. The van der Waals surface area contributed by atoms with Gasteiger partial charge in [-0.15, -0.1) is 0 Å². The SMILES string of the molecule is COCC(C)(F)CNC(=O)Nc1cc(F)c(Oc2ccnc3[nH]cc(C(F)(F)F)c23)c(F)c1. The van der Waals surface area contributed by atoms with Crippen molar-refractivity contribution in [3.05, 3.63) is 47.8 Å². The number of carbonyl (C=O) groups is 1. The molecule has 0 bridgehead atoms. The second-order valence-electron chi connectivity index (χ2n) is 7.26. The monoisotopic (exact) mass is 476 g/mol. The molecule has 3 N–H and O–H groups in total. The molecule has 1 atom stereocenters. The Bertz CT molecular complexity index is 1140. The maximum atomic E-state index is 14.5. The number of amides is 2. The van der Waals surface area contributed by atoms with Gasteiger partial charge in [0.1, 0.15) is 17.1 Å². The van der Waals surface area contributed by atoms with Gasteiger partial charge in [-0.1, -0.05) is 0 Å². The van der Waals surface area contributed by atoms with Crippen LogP contribution in [-0.2, 0) is 10.9 Å². The van der Waals surface area contributed by atoms with E-state index in [1.165, 1.54) is 14.0 Å². The number of anilines is 1. The van der Waals surface area contributed by atoms with Crippen LogP contribution in [0.4, 0.5) is 36.8 Å². The number of H-pyrrole nitrogens is 1. The molecule has 0 aliphatic rings. The van der Waals surface area contributed by atoms with Crippen LogP contribution < -0.4 is 15.4 Å². The van der Waals surface area contributed by atoms with Gasteiger partial charge in [-0.25, -0.2) is 22.9 Å². The maximum Gasteiger partial charge on any atom is 0.418 e. The highest BCUT2D eigenvalue weighted by atomic mass is 19.4. The average Bonchev–Trinajstić information content (AvgIpc) is 3.15. The molecule has 0 aliphatic carbocycles.